The number of rotatable bonds is 5. The van der Waals surface area contributed by atoms with Gasteiger partial charge in [0.1, 0.15) is 11.5 Å². The number of nitrogens with one attached hydrogen (secondary N) is 1. The van der Waals surface area contributed by atoms with E-state index < -0.39 is 10.0 Å². The molecule has 0 bridgehead atoms. The van der Waals surface area contributed by atoms with Crippen molar-refractivity contribution in [2.45, 2.75) is 25.0 Å². The molecule has 0 saturated heterocycles. The molecule has 7 heteroatoms. The van der Waals surface area contributed by atoms with Gasteiger partial charge in [-0.2, -0.15) is 0 Å². The van der Waals surface area contributed by atoms with E-state index in [0.29, 0.717) is 11.5 Å². The fourth-order valence-electron chi connectivity index (χ4n) is 1.71. The van der Waals surface area contributed by atoms with Crippen LogP contribution in [0.5, 0.6) is 0 Å². The van der Waals surface area contributed by atoms with Gasteiger partial charge in [-0.15, -0.1) is 0 Å². The van der Waals surface area contributed by atoms with Crippen molar-refractivity contribution in [3.05, 3.63) is 41.6 Å². The molecule has 0 aromatic carbocycles. The molecule has 2 heterocycles. The van der Waals surface area contributed by atoms with Crippen molar-refractivity contribution in [3.8, 4) is 0 Å². The summed E-state index contributed by atoms with van der Waals surface area (Å²) in [6, 6.07) is 4.94. The maximum Gasteiger partial charge on any atom is 0.242 e. The predicted molar refractivity (Wildman–Crippen MR) is 68.8 cm³/mol. The highest BCUT2D eigenvalue weighted by Crippen LogP contribution is 2.14. The molecule has 0 aliphatic rings. The molecule has 0 amide bonds. The minimum absolute atomic E-state index is 0.0968. The molecule has 19 heavy (non-hydrogen) atoms. The second kappa shape index (κ2) is 5.20. The summed E-state index contributed by atoms with van der Waals surface area (Å²) in [5, 5.41) is 9.06. The van der Waals surface area contributed by atoms with Crippen LogP contribution >= 0.6 is 0 Å². The van der Waals surface area contributed by atoms with Crippen LogP contribution in [0.3, 0.4) is 0 Å². The van der Waals surface area contributed by atoms with Crippen LogP contribution in [0.2, 0.25) is 0 Å². The van der Waals surface area contributed by atoms with Crippen LogP contribution in [0, 0.1) is 6.92 Å². The number of aliphatic hydroxyl groups is 1. The Bertz CT molecular complexity index is 670. The number of furan rings is 1. The van der Waals surface area contributed by atoms with Gasteiger partial charge in [-0.05, 0) is 25.1 Å². The number of hydrogen-bond acceptors (Lipinski definition) is 4. The summed E-state index contributed by atoms with van der Waals surface area (Å²) in [4.78, 5) is 0.127. The van der Waals surface area contributed by atoms with Gasteiger partial charge in [0.25, 0.3) is 0 Å². The Labute approximate surface area is 111 Å². The van der Waals surface area contributed by atoms with E-state index in [1.165, 1.54) is 12.3 Å². The molecule has 0 aliphatic carbocycles. The Morgan fingerprint density at radius 2 is 2.16 bits per heavy atom. The number of hydrogen-bond donors (Lipinski definition) is 2. The van der Waals surface area contributed by atoms with Crippen molar-refractivity contribution in [1.29, 1.82) is 0 Å². The summed E-state index contributed by atoms with van der Waals surface area (Å²) in [5.41, 5.74) is 0.536. The zero-order valence-corrected chi connectivity index (χ0v) is 11.6. The van der Waals surface area contributed by atoms with Gasteiger partial charge in [-0.3, -0.25) is 0 Å². The molecule has 6 nitrogen and oxygen atoms in total. The number of aryl methyl sites for hydroxylation is 2. The fraction of sp³-hybridized carbons (Fsp3) is 0.333. The average molecular weight is 284 g/mol. The first-order valence-electron chi connectivity index (χ1n) is 5.73. The van der Waals surface area contributed by atoms with Crippen LogP contribution in [0.4, 0.5) is 0 Å². The van der Waals surface area contributed by atoms with Crippen LogP contribution < -0.4 is 4.72 Å². The Morgan fingerprint density at radius 1 is 1.42 bits per heavy atom. The summed E-state index contributed by atoms with van der Waals surface area (Å²) >= 11 is 0. The predicted octanol–water partition coefficient (Wildman–Crippen LogP) is 0.897. The zero-order valence-electron chi connectivity index (χ0n) is 10.8. The number of aliphatic hydroxyl groups excluding tert-OH is 1. The lowest BCUT2D eigenvalue weighted by atomic mass is 10.4. The third kappa shape index (κ3) is 3.06. The van der Waals surface area contributed by atoms with Crippen LogP contribution in [0.1, 0.15) is 17.2 Å². The maximum atomic E-state index is 12.0. The molecule has 2 N–H and O–H groups in total. The molecule has 0 spiro atoms. The lowest BCUT2D eigenvalue weighted by Crippen LogP contribution is -2.22. The minimum Gasteiger partial charge on any atom is -0.465 e. The standard InChI is InChI=1S/C12H16N2O4S/c1-9-3-4-11(18-9)6-13-19(16,17)12-5-10(8-15)14(2)7-12/h3-5,7,13,15H,6,8H2,1-2H3. The van der Waals surface area contributed by atoms with E-state index >= 15 is 0 Å². The van der Waals surface area contributed by atoms with Crippen molar-refractivity contribution >= 4 is 10.0 Å². The summed E-state index contributed by atoms with van der Waals surface area (Å²) in [7, 11) is -1.92. The van der Waals surface area contributed by atoms with Gasteiger partial charge in [0.2, 0.25) is 10.0 Å². The molecule has 0 atom stereocenters. The smallest absolute Gasteiger partial charge is 0.242 e. The maximum absolute atomic E-state index is 12.0. The van der Waals surface area contributed by atoms with Crippen molar-refractivity contribution < 1.29 is 17.9 Å². The molecule has 0 saturated carbocycles. The first-order chi connectivity index (χ1) is 8.92. The Hall–Kier alpha value is -1.57. The highest BCUT2D eigenvalue weighted by atomic mass is 32.2. The van der Waals surface area contributed by atoms with E-state index in [1.54, 1.807) is 30.7 Å². The molecular weight excluding hydrogens is 268 g/mol. The first-order valence-corrected chi connectivity index (χ1v) is 7.22. The van der Waals surface area contributed by atoms with E-state index in [9.17, 15) is 8.42 Å². The normalized spacial score (nSPS) is 11.9. The molecule has 2 rings (SSSR count). The Morgan fingerprint density at radius 3 is 2.68 bits per heavy atom. The van der Waals surface area contributed by atoms with Crippen molar-refractivity contribution in [2.75, 3.05) is 0 Å². The SMILES string of the molecule is Cc1ccc(CNS(=O)(=O)c2cc(CO)n(C)c2)o1. The molecule has 0 unspecified atom stereocenters. The summed E-state index contributed by atoms with van der Waals surface area (Å²) in [6.07, 6.45) is 1.46. The van der Waals surface area contributed by atoms with Crippen molar-refractivity contribution in [2.24, 2.45) is 7.05 Å². The number of aromatic nitrogens is 1. The molecular formula is C12H16N2O4S. The van der Waals surface area contributed by atoms with Crippen LogP contribution in [-0.2, 0) is 30.2 Å². The minimum atomic E-state index is -3.60. The molecule has 0 radical (unpaired) electrons. The van der Waals surface area contributed by atoms with Crippen LogP contribution in [0.15, 0.2) is 33.7 Å². The third-order valence-electron chi connectivity index (χ3n) is 2.79. The highest BCUT2D eigenvalue weighted by molar-refractivity contribution is 7.89. The largest absolute Gasteiger partial charge is 0.465 e. The topological polar surface area (TPSA) is 84.5 Å². The van der Waals surface area contributed by atoms with Gasteiger partial charge in [0, 0.05) is 18.9 Å². The first kappa shape index (κ1) is 13.9. The third-order valence-corrected chi connectivity index (χ3v) is 4.16. The zero-order chi connectivity index (χ0) is 14.0. The highest BCUT2D eigenvalue weighted by Gasteiger charge is 2.17. The molecule has 0 fully saturated rings. The fourth-order valence-corrected chi connectivity index (χ4v) is 2.80. The van der Waals surface area contributed by atoms with Gasteiger partial charge >= 0.3 is 0 Å². The summed E-state index contributed by atoms with van der Waals surface area (Å²) in [6.45, 7) is 1.69. The van der Waals surface area contributed by atoms with Crippen LogP contribution in [-0.4, -0.2) is 18.1 Å². The molecule has 0 aliphatic heterocycles. The van der Waals surface area contributed by atoms with Gasteiger partial charge in [0.15, 0.2) is 0 Å². The Kier molecular flexibility index (Phi) is 3.79. The molecule has 104 valence electrons. The van der Waals surface area contributed by atoms with Gasteiger partial charge < -0.3 is 14.1 Å². The Balaban J connectivity index is 2.13. The molecule has 2 aromatic heterocycles. The van der Waals surface area contributed by atoms with Crippen LogP contribution in [0.25, 0.3) is 0 Å². The number of sulfonamides is 1. The average Bonchev–Trinajstić information content (AvgIpc) is 2.93. The van der Waals surface area contributed by atoms with E-state index in [-0.39, 0.29) is 18.0 Å². The van der Waals surface area contributed by atoms with Crippen molar-refractivity contribution in [3.63, 3.8) is 0 Å². The lowest BCUT2D eigenvalue weighted by Gasteiger charge is -2.02. The second-order valence-corrected chi connectivity index (χ2v) is 6.04. The van der Waals surface area contributed by atoms with Crippen molar-refractivity contribution in [1.82, 2.24) is 9.29 Å². The van der Waals surface area contributed by atoms with Gasteiger partial charge in [-0.25, -0.2) is 13.1 Å². The lowest BCUT2D eigenvalue weighted by molar-refractivity contribution is 0.272. The van der Waals surface area contributed by atoms with E-state index in [1.807, 2.05) is 0 Å². The quantitative estimate of drug-likeness (QED) is 0.854. The number of nitrogens with zero attached hydrogens (tertiary/aromatic N) is 1. The summed E-state index contributed by atoms with van der Waals surface area (Å²) < 4.78 is 33.4. The summed E-state index contributed by atoms with van der Waals surface area (Å²) in [5.74, 6) is 1.29. The van der Waals surface area contributed by atoms with E-state index in [2.05, 4.69) is 4.72 Å². The van der Waals surface area contributed by atoms with E-state index in [0.717, 1.165) is 5.76 Å². The monoisotopic (exact) mass is 284 g/mol. The van der Waals surface area contributed by atoms with E-state index in [4.69, 9.17) is 9.52 Å². The molecule has 2 aromatic rings. The van der Waals surface area contributed by atoms with Gasteiger partial charge in [-0.1, -0.05) is 0 Å². The van der Waals surface area contributed by atoms with Gasteiger partial charge in [0.05, 0.1) is 18.0 Å². The second-order valence-electron chi connectivity index (χ2n) is 4.27.